The average Bonchev–Trinajstić information content (AvgIpc) is 2.53. The summed E-state index contributed by atoms with van der Waals surface area (Å²) in [6.45, 7) is 6.13. The third kappa shape index (κ3) is 1.77. The van der Waals surface area contributed by atoms with Crippen molar-refractivity contribution in [2.75, 3.05) is 0 Å². The predicted octanol–water partition coefficient (Wildman–Crippen LogP) is 3.13. The van der Waals surface area contributed by atoms with E-state index in [0.717, 1.165) is 18.4 Å². The average molecular weight is 219 g/mol. The molecular formula is C13H17NO2. The fraction of sp³-hybridized carbons (Fsp3) is 0.462. The van der Waals surface area contributed by atoms with Crippen molar-refractivity contribution < 1.29 is 4.42 Å². The highest BCUT2D eigenvalue weighted by atomic mass is 16.4. The Labute approximate surface area is 94.7 Å². The van der Waals surface area contributed by atoms with Crippen LogP contribution in [0.4, 0.5) is 0 Å². The molecule has 0 spiro atoms. The molecule has 3 heteroatoms. The summed E-state index contributed by atoms with van der Waals surface area (Å²) in [5, 5.41) is 0. The lowest BCUT2D eigenvalue weighted by molar-refractivity contribution is 0.478. The van der Waals surface area contributed by atoms with Crippen LogP contribution in [0.25, 0.3) is 11.1 Å². The summed E-state index contributed by atoms with van der Waals surface area (Å²) in [6, 6.07) is 6.11. The molecule has 1 heterocycles. The number of oxazole rings is 1. The second kappa shape index (κ2) is 4.16. The molecule has 1 aromatic heterocycles. The highest BCUT2D eigenvalue weighted by molar-refractivity contribution is 5.74. The molecule has 1 aromatic carbocycles. The van der Waals surface area contributed by atoms with E-state index >= 15 is 0 Å². The maximum atomic E-state index is 11.6. The molecule has 2 aromatic rings. The summed E-state index contributed by atoms with van der Waals surface area (Å²) in [5.41, 5.74) is 2.84. The van der Waals surface area contributed by atoms with Crippen LogP contribution in [-0.2, 0) is 6.42 Å². The molecule has 0 aliphatic carbocycles. The van der Waals surface area contributed by atoms with E-state index < -0.39 is 0 Å². The summed E-state index contributed by atoms with van der Waals surface area (Å²) >= 11 is 0. The molecule has 0 aliphatic rings. The Bertz CT molecular complexity index is 549. The zero-order valence-electron chi connectivity index (χ0n) is 9.99. The zero-order chi connectivity index (χ0) is 11.7. The van der Waals surface area contributed by atoms with Crippen molar-refractivity contribution in [2.45, 2.75) is 39.7 Å². The van der Waals surface area contributed by atoms with Gasteiger partial charge in [0.25, 0.3) is 0 Å². The lowest BCUT2D eigenvalue weighted by Gasteiger charge is -2.06. The molecule has 0 atom stereocenters. The van der Waals surface area contributed by atoms with Crippen LogP contribution in [0.3, 0.4) is 0 Å². The van der Waals surface area contributed by atoms with Crippen LogP contribution in [0.1, 0.15) is 38.8 Å². The minimum absolute atomic E-state index is 0.130. The van der Waals surface area contributed by atoms with Crippen LogP contribution in [0.5, 0.6) is 0 Å². The van der Waals surface area contributed by atoms with Crippen LogP contribution < -0.4 is 5.76 Å². The van der Waals surface area contributed by atoms with E-state index in [9.17, 15) is 4.79 Å². The van der Waals surface area contributed by atoms with Gasteiger partial charge in [0.1, 0.15) is 0 Å². The Morgan fingerprint density at radius 2 is 2.12 bits per heavy atom. The molecule has 0 aliphatic heterocycles. The minimum atomic E-state index is -0.265. The number of aromatic nitrogens is 1. The molecule has 0 bridgehead atoms. The number of nitrogens with zero attached hydrogens (tertiary/aromatic N) is 1. The Morgan fingerprint density at radius 3 is 2.75 bits per heavy atom. The molecule has 0 fully saturated rings. The van der Waals surface area contributed by atoms with Crippen LogP contribution in [0.2, 0.25) is 0 Å². The molecule has 86 valence electrons. The van der Waals surface area contributed by atoms with Gasteiger partial charge in [-0.05, 0) is 38.0 Å². The lowest BCUT2D eigenvalue weighted by Crippen LogP contribution is -2.15. The van der Waals surface area contributed by atoms with Gasteiger partial charge in [-0.1, -0.05) is 19.4 Å². The van der Waals surface area contributed by atoms with Crippen molar-refractivity contribution in [1.82, 2.24) is 4.57 Å². The largest absolute Gasteiger partial charge is 0.420 e. The van der Waals surface area contributed by atoms with E-state index in [4.69, 9.17) is 4.42 Å². The standard InChI is InChI=1S/C13H17NO2/c1-4-5-10-6-7-12-11(8-10)14(9(2)3)13(15)16-12/h6-9H,4-5H2,1-3H3. The van der Waals surface area contributed by atoms with Crippen LogP contribution in [0, 0.1) is 0 Å². The molecule has 0 unspecified atom stereocenters. The van der Waals surface area contributed by atoms with Crippen LogP contribution in [-0.4, -0.2) is 4.57 Å². The maximum absolute atomic E-state index is 11.6. The molecule has 2 rings (SSSR count). The summed E-state index contributed by atoms with van der Waals surface area (Å²) in [4.78, 5) is 11.6. The van der Waals surface area contributed by atoms with Crippen molar-refractivity contribution in [3.63, 3.8) is 0 Å². The number of benzene rings is 1. The quantitative estimate of drug-likeness (QED) is 0.795. The smallest absolute Gasteiger partial charge is 0.408 e. The second-order valence-electron chi connectivity index (χ2n) is 4.38. The first-order valence-corrected chi connectivity index (χ1v) is 5.77. The third-order valence-electron chi connectivity index (χ3n) is 2.73. The summed E-state index contributed by atoms with van der Waals surface area (Å²) in [7, 11) is 0. The minimum Gasteiger partial charge on any atom is -0.408 e. The third-order valence-corrected chi connectivity index (χ3v) is 2.73. The fourth-order valence-electron chi connectivity index (χ4n) is 2.01. The van der Waals surface area contributed by atoms with Crippen LogP contribution in [0.15, 0.2) is 27.4 Å². The second-order valence-corrected chi connectivity index (χ2v) is 4.38. The van der Waals surface area contributed by atoms with E-state index in [1.165, 1.54) is 5.56 Å². The van der Waals surface area contributed by atoms with Gasteiger partial charge >= 0.3 is 5.76 Å². The summed E-state index contributed by atoms with van der Waals surface area (Å²) < 4.78 is 6.90. The number of rotatable bonds is 3. The maximum Gasteiger partial charge on any atom is 0.420 e. The Hall–Kier alpha value is -1.51. The first kappa shape index (κ1) is 11.0. The molecular weight excluding hydrogens is 202 g/mol. The molecule has 0 saturated heterocycles. The normalized spacial score (nSPS) is 11.5. The van der Waals surface area contributed by atoms with E-state index in [-0.39, 0.29) is 11.8 Å². The number of hydrogen-bond donors (Lipinski definition) is 0. The Balaban J connectivity index is 2.65. The van der Waals surface area contributed by atoms with Gasteiger partial charge in [-0.15, -0.1) is 0 Å². The van der Waals surface area contributed by atoms with E-state index in [1.807, 2.05) is 26.0 Å². The van der Waals surface area contributed by atoms with Gasteiger partial charge in [-0.3, -0.25) is 4.57 Å². The van der Waals surface area contributed by atoms with Gasteiger partial charge in [-0.25, -0.2) is 4.79 Å². The number of aryl methyl sites for hydroxylation is 1. The summed E-state index contributed by atoms with van der Waals surface area (Å²) in [6.07, 6.45) is 2.14. The highest BCUT2D eigenvalue weighted by Gasteiger charge is 2.11. The molecule has 0 N–H and O–H groups in total. The number of hydrogen-bond acceptors (Lipinski definition) is 2. The lowest BCUT2D eigenvalue weighted by atomic mass is 10.1. The van der Waals surface area contributed by atoms with Gasteiger partial charge in [0.2, 0.25) is 0 Å². The van der Waals surface area contributed by atoms with E-state index in [1.54, 1.807) is 4.57 Å². The number of fused-ring (bicyclic) bond motifs is 1. The Morgan fingerprint density at radius 1 is 1.38 bits per heavy atom. The SMILES string of the molecule is CCCc1ccc2oc(=O)n(C(C)C)c2c1. The topological polar surface area (TPSA) is 35.1 Å². The van der Waals surface area contributed by atoms with Crippen molar-refractivity contribution in [3.05, 3.63) is 34.3 Å². The monoisotopic (exact) mass is 219 g/mol. The van der Waals surface area contributed by atoms with Crippen LogP contribution >= 0.6 is 0 Å². The van der Waals surface area contributed by atoms with E-state index in [0.29, 0.717) is 5.58 Å². The van der Waals surface area contributed by atoms with Crippen molar-refractivity contribution >= 4 is 11.1 Å². The summed E-state index contributed by atoms with van der Waals surface area (Å²) in [5.74, 6) is -0.265. The zero-order valence-corrected chi connectivity index (χ0v) is 9.99. The van der Waals surface area contributed by atoms with Gasteiger partial charge in [0, 0.05) is 6.04 Å². The molecule has 3 nitrogen and oxygen atoms in total. The molecule has 0 amide bonds. The first-order valence-electron chi connectivity index (χ1n) is 5.77. The predicted molar refractivity (Wildman–Crippen MR) is 64.9 cm³/mol. The van der Waals surface area contributed by atoms with Crippen molar-refractivity contribution in [3.8, 4) is 0 Å². The first-order chi connectivity index (χ1) is 7.63. The van der Waals surface area contributed by atoms with Gasteiger partial charge in [0.15, 0.2) is 5.58 Å². The van der Waals surface area contributed by atoms with Gasteiger partial charge < -0.3 is 4.42 Å². The fourth-order valence-corrected chi connectivity index (χ4v) is 2.01. The Kier molecular flexibility index (Phi) is 2.86. The molecule has 0 radical (unpaired) electrons. The highest BCUT2D eigenvalue weighted by Crippen LogP contribution is 2.19. The van der Waals surface area contributed by atoms with Crippen molar-refractivity contribution in [2.24, 2.45) is 0 Å². The molecule has 16 heavy (non-hydrogen) atoms. The van der Waals surface area contributed by atoms with E-state index in [2.05, 4.69) is 13.0 Å². The van der Waals surface area contributed by atoms with Crippen molar-refractivity contribution in [1.29, 1.82) is 0 Å². The van der Waals surface area contributed by atoms with Gasteiger partial charge in [0.05, 0.1) is 5.52 Å². The molecule has 0 saturated carbocycles. The van der Waals surface area contributed by atoms with Gasteiger partial charge in [-0.2, -0.15) is 0 Å².